The van der Waals surface area contributed by atoms with Crippen LogP contribution in [0.15, 0.2) is 22.7 Å². The summed E-state index contributed by atoms with van der Waals surface area (Å²) >= 11 is 3.12. The Balaban J connectivity index is 1.96. The van der Waals surface area contributed by atoms with Gasteiger partial charge in [-0.25, -0.2) is 9.18 Å². The van der Waals surface area contributed by atoms with Crippen LogP contribution >= 0.6 is 15.9 Å². The number of aliphatic carboxylic acids is 1. The minimum atomic E-state index is -1.02. The van der Waals surface area contributed by atoms with Crippen LogP contribution in [0, 0.1) is 5.82 Å². The highest BCUT2D eigenvalue weighted by molar-refractivity contribution is 9.10. The Hall–Kier alpha value is -1.63. The third-order valence-corrected chi connectivity index (χ3v) is 3.60. The molecule has 108 valence electrons. The van der Waals surface area contributed by atoms with E-state index in [0.717, 1.165) is 0 Å². The molecule has 0 saturated carbocycles. The molecule has 0 radical (unpaired) electrons. The summed E-state index contributed by atoms with van der Waals surface area (Å²) in [6.45, 7) is 0.0182. The fraction of sp³-hybridized carbons (Fsp3) is 0.385. The molecule has 0 spiro atoms. The number of carbonyl (C=O) groups is 2. The molecule has 1 atom stereocenters. The normalized spacial score (nSPS) is 18.1. The van der Waals surface area contributed by atoms with E-state index in [1.54, 1.807) is 6.07 Å². The number of carboxylic acids is 1. The number of amides is 1. The maximum absolute atomic E-state index is 13.5. The molecule has 1 fully saturated rings. The van der Waals surface area contributed by atoms with Crippen molar-refractivity contribution in [1.29, 1.82) is 0 Å². The van der Waals surface area contributed by atoms with E-state index < -0.39 is 23.7 Å². The smallest absolute Gasteiger partial charge is 0.326 e. The molecule has 1 N–H and O–H groups in total. The highest BCUT2D eigenvalue weighted by Gasteiger charge is 2.34. The molecule has 1 aliphatic rings. The molecule has 1 heterocycles. The second-order valence-corrected chi connectivity index (χ2v) is 5.36. The van der Waals surface area contributed by atoms with Gasteiger partial charge in [0.2, 0.25) is 0 Å². The number of halogens is 2. The number of hydrogen-bond acceptors (Lipinski definition) is 3. The van der Waals surface area contributed by atoms with Crippen LogP contribution in [0.3, 0.4) is 0 Å². The van der Waals surface area contributed by atoms with Gasteiger partial charge >= 0.3 is 5.97 Å². The van der Waals surface area contributed by atoms with Crippen LogP contribution in [0.2, 0.25) is 0 Å². The first-order valence-corrected chi connectivity index (χ1v) is 6.88. The molecule has 1 saturated heterocycles. The lowest BCUT2D eigenvalue weighted by atomic mass is 10.2. The number of likely N-dealkylation sites (tertiary alicyclic amines) is 1. The van der Waals surface area contributed by atoms with Gasteiger partial charge in [0.15, 0.2) is 18.2 Å². The third kappa shape index (κ3) is 3.27. The molecule has 1 aliphatic heterocycles. The SMILES string of the molecule is O=C(O)C1CCCN1C(=O)COc1ccc(Br)cc1F. The van der Waals surface area contributed by atoms with Gasteiger partial charge in [-0.1, -0.05) is 15.9 Å². The van der Waals surface area contributed by atoms with Gasteiger partial charge in [0.25, 0.3) is 5.91 Å². The average molecular weight is 346 g/mol. The van der Waals surface area contributed by atoms with Gasteiger partial charge in [-0.2, -0.15) is 0 Å². The number of rotatable bonds is 4. The van der Waals surface area contributed by atoms with E-state index in [2.05, 4.69) is 15.9 Å². The van der Waals surface area contributed by atoms with E-state index in [0.29, 0.717) is 23.9 Å². The average Bonchev–Trinajstić information content (AvgIpc) is 2.86. The maximum Gasteiger partial charge on any atom is 0.326 e. The zero-order chi connectivity index (χ0) is 14.7. The van der Waals surface area contributed by atoms with Crippen LogP contribution < -0.4 is 4.74 Å². The molecule has 2 rings (SSSR count). The number of hydrogen-bond donors (Lipinski definition) is 1. The summed E-state index contributed by atoms with van der Waals surface area (Å²) in [5, 5.41) is 8.99. The molecule has 0 aliphatic carbocycles. The van der Waals surface area contributed by atoms with Gasteiger partial charge < -0.3 is 14.7 Å². The van der Waals surface area contributed by atoms with Gasteiger partial charge in [-0.05, 0) is 31.0 Å². The lowest BCUT2D eigenvalue weighted by Crippen LogP contribution is -2.42. The molecule has 1 unspecified atom stereocenters. The van der Waals surface area contributed by atoms with Crippen molar-refractivity contribution < 1.29 is 23.8 Å². The number of ether oxygens (including phenoxy) is 1. The van der Waals surface area contributed by atoms with Crippen LogP contribution in [0.1, 0.15) is 12.8 Å². The van der Waals surface area contributed by atoms with Gasteiger partial charge in [0, 0.05) is 11.0 Å². The molecular weight excluding hydrogens is 333 g/mol. The van der Waals surface area contributed by atoms with Crippen molar-refractivity contribution in [1.82, 2.24) is 4.90 Å². The maximum atomic E-state index is 13.5. The number of benzene rings is 1. The Bertz CT molecular complexity index is 537. The molecule has 1 aromatic rings. The van der Waals surface area contributed by atoms with Crippen LogP contribution in [0.5, 0.6) is 5.75 Å². The van der Waals surface area contributed by atoms with E-state index >= 15 is 0 Å². The van der Waals surface area contributed by atoms with Crippen molar-refractivity contribution in [2.24, 2.45) is 0 Å². The van der Waals surface area contributed by atoms with Crippen LogP contribution in [-0.4, -0.2) is 41.1 Å². The monoisotopic (exact) mass is 345 g/mol. The van der Waals surface area contributed by atoms with E-state index in [4.69, 9.17) is 9.84 Å². The summed E-state index contributed by atoms with van der Waals surface area (Å²) < 4.78 is 19.2. The molecule has 0 aromatic heterocycles. The molecule has 1 aromatic carbocycles. The lowest BCUT2D eigenvalue weighted by Gasteiger charge is -2.21. The highest BCUT2D eigenvalue weighted by atomic mass is 79.9. The fourth-order valence-corrected chi connectivity index (χ4v) is 2.47. The quantitative estimate of drug-likeness (QED) is 0.906. The summed E-state index contributed by atoms with van der Waals surface area (Å²) in [6.07, 6.45) is 1.09. The van der Waals surface area contributed by atoms with Gasteiger partial charge in [0.1, 0.15) is 6.04 Å². The first-order valence-electron chi connectivity index (χ1n) is 6.09. The van der Waals surface area contributed by atoms with E-state index in [1.165, 1.54) is 17.0 Å². The number of nitrogens with zero attached hydrogens (tertiary/aromatic N) is 1. The zero-order valence-corrected chi connectivity index (χ0v) is 12.1. The summed E-state index contributed by atoms with van der Waals surface area (Å²) in [6, 6.07) is 3.43. The minimum absolute atomic E-state index is 0.0346. The Morgan fingerprint density at radius 3 is 2.90 bits per heavy atom. The lowest BCUT2D eigenvalue weighted by molar-refractivity contribution is -0.149. The third-order valence-electron chi connectivity index (χ3n) is 3.10. The van der Waals surface area contributed by atoms with Crippen molar-refractivity contribution in [3.05, 3.63) is 28.5 Å². The Kier molecular flexibility index (Phi) is 4.59. The van der Waals surface area contributed by atoms with Crippen molar-refractivity contribution in [3.8, 4) is 5.75 Å². The van der Waals surface area contributed by atoms with Crippen LogP contribution in [-0.2, 0) is 9.59 Å². The minimum Gasteiger partial charge on any atom is -0.481 e. The van der Waals surface area contributed by atoms with Crippen molar-refractivity contribution in [3.63, 3.8) is 0 Å². The van der Waals surface area contributed by atoms with E-state index in [1.807, 2.05) is 0 Å². The first-order chi connectivity index (χ1) is 9.49. The van der Waals surface area contributed by atoms with Crippen molar-refractivity contribution in [2.75, 3.05) is 13.2 Å². The molecular formula is C13H13BrFNO4. The Morgan fingerprint density at radius 2 is 2.25 bits per heavy atom. The molecule has 20 heavy (non-hydrogen) atoms. The molecule has 7 heteroatoms. The zero-order valence-electron chi connectivity index (χ0n) is 10.5. The summed E-state index contributed by atoms with van der Waals surface area (Å²) in [7, 11) is 0. The second kappa shape index (κ2) is 6.21. The second-order valence-electron chi connectivity index (χ2n) is 4.45. The Labute approximate surface area is 123 Å². The molecule has 1 amide bonds. The predicted molar refractivity (Wildman–Crippen MR) is 72.0 cm³/mol. The van der Waals surface area contributed by atoms with Gasteiger partial charge in [-0.3, -0.25) is 4.79 Å². The van der Waals surface area contributed by atoms with E-state index in [-0.39, 0.29) is 12.4 Å². The summed E-state index contributed by atoms with van der Waals surface area (Å²) in [5.74, 6) is -2.08. The number of carboxylic acid groups (broad SMARTS) is 1. The predicted octanol–water partition coefficient (Wildman–Crippen LogP) is 2.04. The number of carbonyl (C=O) groups excluding carboxylic acids is 1. The largest absolute Gasteiger partial charge is 0.481 e. The molecule has 0 bridgehead atoms. The van der Waals surface area contributed by atoms with Gasteiger partial charge in [-0.15, -0.1) is 0 Å². The molecule has 5 nitrogen and oxygen atoms in total. The van der Waals surface area contributed by atoms with E-state index in [9.17, 15) is 14.0 Å². The topological polar surface area (TPSA) is 66.8 Å². The Morgan fingerprint density at radius 1 is 1.50 bits per heavy atom. The summed E-state index contributed by atoms with van der Waals surface area (Å²) in [5.41, 5.74) is 0. The first kappa shape index (κ1) is 14.8. The standard InChI is InChI=1S/C13H13BrFNO4/c14-8-3-4-11(9(15)6-8)20-7-12(17)16-5-1-2-10(16)13(18)19/h3-4,6,10H,1-2,5,7H2,(H,18,19). The van der Waals surface area contributed by atoms with Crippen molar-refractivity contribution >= 4 is 27.8 Å². The van der Waals surface area contributed by atoms with Gasteiger partial charge in [0.05, 0.1) is 0 Å². The van der Waals surface area contributed by atoms with Crippen molar-refractivity contribution in [2.45, 2.75) is 18.9 Å². The fourth-order valence-electron chi connectivity index (χ4n) is 2.14. The summed E-state index contributed by atoms with van der Waals surface area (Å²) in [4.78, 5) is 24.2. The highest BCUT2D eigenvalue weighted by Crippen LogP contribution is 2.22. The van der Waals surface area contributed by atoms with Crippen LogP contribution in [0.4, 0.5) is 4.39 Å². The van der Waals surface area contributed by atoms with Crippen LogP contribution in [0.25, 0.3) is 0 Å².